The molecule has 0 bridgehead atoms. The van der Waals surface area contributed by atoms with Gasteiger partial charge in [-0.3, -0.25) is 4.79 Å². The number of halogens is 1. The molecule has 1 atom stereocenters. The Morgan fingerprint density at radius 3 is 2.95 bits per heavy atom. The van der Waals surface area contributed by atoms with Gasteiger partial charge in [-0.15, -0.1) is 0 Å². The predicted octanol–water partition coefficient (Wildman–Crippen LogP) is 3.52. The van der Waals surface area contributed by atoms with Crippen molar-refractivity contribution in [3.05, 3.63) is 57.4 Å². The van der Waals surface area contributed by atoms with Gasteiger partial charge in [-0.25, -0.2) is 0 Å². The first-order valence-electron chi connectivity index (χ1n) is 6.77. The number of thiophene rings is 1. The van der Waals surface area contributed by atoms with E-state index in [9.17, 15) is 9.90 Å². The molecule has 114 valence electrons. The third-order valence-electron chi connectivity index (χ3n) is 3.57. The van der Waals surface area contributed by atoms with Gasteiger partial charge < -0.3 is 15.4 Å². The average Bonchev–Trinajstić information content (AvgIpc) is 3.13. The van der Waals surface area contributed by atoms with Crippen LogP contribution in [0.4, 0.5) is 0 Å². The van der Waals surface area contributed by atoms with E-state index in [4.69, 9.17) is 11.6 Å². The second kappa shape index (κ2) is 5.76. The molecule has 0 aliphatic rings. The van der Waals surface area contributed by atoms with Crippen molar-refractivity contribution in [3.8, 4) is 0 Å². The van der Waals surface area contributed by atoms with Crippen LogP contribution in [0.25, 0.3) is 10.9 Å². The lowest BCUT2D eigenvalue weighted by molar-refractivity contribution is 0.0529. The number of benzene rings is 1. The SMILES string of the molecule is CC(O)(CNC(=O)c1cc2ccc(Cl)cc2[nH]1)c1ccsc1. The molecular weight excluding hydrogens is 320 g/mol. The maximum atomic E-state index is 12.2. The van der Waals surface area contributed by atoms with Crippen LogP contribution in [0.3, 0.4) is 0 Å². The fraction of sp³-hybridized carbons (Fsp3) is 0.188. The highest BCUT2D eigenvalue weighted by Gasteiger charge is 2.24. The Morgan fingerprint density at radius 1 is 1.41 bits per heavy atom. The highest BCUT2D eigenvalue weighted by Crippen LogP contribution is 2.23. The molecule has 3 rings (SSSR count). The van der Waals surface area contributed by atoms with Crippen LogP contribution in [0.15, 0.2) is 41.1 Å². The predicted molar refractivity (Wildman–Crippen MR) is 89.5 cm³/mol. The van der Waals surface area contributed by atoms with Crippen LogP contribution in [0.5, 0.6) is 0 Å². The zero-order chi connectivity index (χ0) is 15.7. The molecule has 1 unspecified atom stereocenters. The number of carbonyl (C=O) groups excluding carboxylic acids is 1. The summed E-state index contributed by atoms with van der Waals surface area (Å²) in [6.07, 6.45) is 0. The van der Waals surface area contributed by atoms with E-state index < -0.39 is 5.60 Å². The summed E-state index contributed by atoms with van der Waals surface area (Å²) >= 11 is 7.44. The molecule has 2 aromatic heterocycles. The number of carbonyl (C=O) groups is 1. The van der Waals surface area contributed by atoms with Crippen molar-refractivity contribution in [1.82, 2.24) is 10.3 Å². The zero-order valence-corrected chi connectivity index (χ0v) is 13.5. The summed E-state index contributed by atoms with van der Waals surface area (Å²) in [7, 11) is 0. The van der Waals surface area contributed by atoms with Crippen molar-refractivity contribution in [1.29, 1.82) is 0 Å². The molecule has 4 nitrogen and oxygen atoms in total. The number of amides is 1. The first kappa shape index (κ1) is 15.1. The zero-order valence-electron chi connectivity index (χ0n) is 11.9. The molecule has 2 heterocycles. The smallest absolute Gasteiger partial charge is 0.267 e. The molecule has 6 heteroatoms. The fourth-order valence-electron chi connectivity index (χ4n) is 2.24. The van der Waals surface area contributed by atoms with Crippen molar-refractivity contribution in [2.75, 3.05) is 6.54 Å². The standard InChI is InChI=1S/C16H15ClN2O2S/c1-16(21,11-4-5-22-8-11)9-18-15(20)14-6-10-2-3-12(17)7-13(10)19-14/h2-8,19,21H,9H2,1H3,(H,18,20). The van der Waals surface area contributed by atoms with Crippen LogP contribution >= 0.6 is 22.9 Å². The number of hydrogen-bond donors (Lipinski definition) is 3. The first-order chi connectivity index (χ1) is 10.5. The van der Waals surface area contributed by atoms with Crippen LogP contribution in [-0.4, -0.2) is 22.5 Å². The number of aromatic amines is 1. The van der Waals surface area contributed by atoms with Crippen LogP contribution in [0.1, 0.15) is 23.0 Å². The summed E-state index contributed by atoms with van der Waals surface area (Å²) in [6, 6.07) is 9.02. The molecule has 0 fully saturated rings. The fourth-order valence-corrected chi connectivity index (χ4v) is 3.20. The minimum atomic E-state index is -1.09. The van der Waals surface area contributed by atoms with E-state index in [0.717, 1.165) is 16.5 Å². The van der Waals surface area contributed by atoms with Gasteiger partial charge in [0.15, 0.2) is 0 Å². The Kier molecular flexibility index (Phi) is 3.95. The van der Waals surface area contributed by atoms with Crippen LogP contribution in [0, 0.1) is 0 Å². The van der Waals surface area contributed by atoms with Gasteiger partial charge >= 0.3 is 0 Å². The maximum absolute atomic E-state index is 12.2. The van der Waals surface area contributed by atoms with Crippen molar-refractivity contribution in [2.45, 2.75) is 12.5 Å². The van der Waals surface area contributed by atoms with Crippen LogP contribution in [-0.2, 0) is 5.60 Å². The number of nitrogens with one attached hydrogen (secondary N) is 2. The molecule has 0 radical (unpaired) electrons. The normalized spacial score (nSPS) is 14.0. The Morgan fingerprint density at radius 2 is 2.23 bits per heavy atom. The topological polar surface area (TPSA) is 65.1 Å². The van der Waals surface area contributed by atoms with Gasteiger partial charge in [0.05, 0.1) is 6.54 Å². The highest BCUT2D eigenvalue weighted by molar-refractivity contribution is 7.08. The molecule has 0 saturated heterocycles. The molecule has 1 amide bonds. The van der Waals surface area contributed by atoms with Gasteiger partial charge in [-0.05, 0) is 47.5 Å². The van der Waals surface area contributed by atoms with Gasteiger partial charge in [0, 0.05) is 15.9 Å². The molecule has 0 aliphatic carbocycles. The molecule has 0 spiro atoms. The molecule has 3 N–H and O–H groups in total. The third-order valence-corrected chi connectivity index (χ3v) is 4.48. The van der Waals surface area contributed by atoms with Crippen molar-refractivity contribution >= 4 is 39.7 Å². The molecule has 0 aliphatic heterocycles. The average molecular weight is 335 g/mol. The first-order valence-corrected chi connectivity index (χ1v) is 8.09. The Balaban J connectivity index is 1.73. The van der Waals surface area contributed by atoms with E-state index >= 15 is 0 Å². The Bertz CT molecular complexity index is 809. The van der Waals surface area contributed by atoms with E-state index in [1.807, 2.05) is 22.9 Å². The van der Waals surface area contributed by atoms with Gasteiger partial charge in [-0.1, -0.05) is 17.7 Å². The lowest BCUT2D eigenvalue weighted by Gasteiger charge is -2.22. The van der Waals surface area contributed by atoms with E-state index in [0.29, 0.717) is 10.7 Å². The summed E-state index contributed by atoms with van der Waals surface area (Å²) in [5.41, 5.74) is 0.951. The van der Waals surface area contributed by atoms with Crippen molar-refractivity contribution in [3.63, 3.8) is 0 Å². The van der Waals surface area contributed by atoms with Crippen LogP contribution in [0.2, 0.25) is 5.02 Å². The van der Waals surface area contributed by atoms with E-state index in [-0.39, 0.29) is 12.5 Å². The quantitative estimate of drug-likeness (QED) is 0.683. The summed E-state index contributed by atoms with van der Waals surface area (Å²) < 4.78 is 0. The third kappa shape index (κ3) is 3.02. The summed E-state index contributed by atoms with van der Waals surface area (Å²) in [6.45, 7) is 1.82. The monoisotopic (exact) mass is 334 g/mol. The van der Waals surface area contributed by atoms with Gasteiger partial charge in [-0.2, -0.15) is 11.3 Å². The number of aliphatic hydroxyl groups is 1. The van der Waals surface area contributed by atoms with Crippen molar-refractivity contribution < 1.29 is 9.90 Å². The molecule has 22 heavy (non-hydrogen) atoms. The van der Waals surface area contributed by atoms with E-state index in [2.05, 4.69) is 10.3 Å². The molecule has 0 saturated carbocycles. The van der Waals surface area contributed by atoms with Crippen molar-refractivity contribution in [2.24, 2.45) is 0 Å². The number of rotatable bonds is 4. The van der Waals surface area contributed by atoms with Gasteiger partial charge in [0.2, 0.25) is 0 Å². The number of H-pyrrole nitrogens is 1. The lowest BCUT2D eigenvalue weighted by Crippen LogP contribution is -2.38. The molecule has 3 aromatic rings. The molecule has 1 aromatic carbocycles. The Labute approximate surface area is 136 Å². The minimum absolute atomic E-state index is 0.138. The van der Waals surface area contributed by atoms with Gasteiger partial charge in [0.25, 0.3) is 5.91 Å². The van der Waals surface area contributed by atoms with Crippen LogP contribution < -0.4 is 5.32 Å². The van der Waals surface area contributed by atoms with E-state index in [1.165, 1.54) is 11.3 Å². The van der Waals surface area contributed by atoms with E-state index in [1.54, 1.807) is 25.1 Å². The maximum Gasteiger partial charge on any atom is 0.267 e. The summed E-state index contributed by atoms with van der Waals surface area (Å²) in [5.74, 6) is -0.261. The number of hydrogen-bond acceptors (Lipinski definition) is 3. The largest absolute Gasteiger partial charge is 0.384 e. The second-order valence-corrected chi connectivity index (χ2v) is 6.60. The summed E-state index contributed by atoms with van der Waals surface area (Å²) in [4.78, 5) is 15.3. The lowest BCUT2D eigenvalue weighted by atomic mass is 9.99. The number of aromatic nitrogens is 1. The summed E-state index contributed by atoms with van der Waals surface area (Å²) in [5, 5.41) is 18.5. The number of fused-ring (bicyclic) bond motifs is 1. The minimum Gasteiger partial charge on any atom is -0.384 e. The highest BCUT2D eigenvalue weighted by atomic mass is 35.5. The Hall–Kier alpha value is -1.82. The second-order valence-electron chi connectivity index (χ2n) is 5.38. The molecular formula is C16H15ClN2O2S. The van der Waals surface area contributed by atoms with Gasteiger partial charge in [0.1, 0.15) is 11.3 Å².